The molecule has 3 aliphatic rings. The Morgan fingerprint density at radius 2 is 1.63 bits per heavy atom. The van der Waals surface area contributed by atoms with E-state index in [0.29, 0.717) is 24.7 Å². The third-order valence-corrected chi connectivity index (χ3v) is 6.60. The maximum absolute atomic E-state index is 12.6. The highest BCUT2D eigenvalue weighted by atomic mass is 16.2. The van der Waals surface area contributed by atoms with Crippen LogP contribution in [0.25, 0.3) is 0 Å². The Bertz CT molecular complexity index is 501. The van der Waals surface area contributed by atoms with Crippen LogP contribution in [0.15, 0.2) is 0 Å². The molecule has 1 aliphatic carbocycles. The molecule has 3 fully saturated rings. The van der Waals surface area contributed by atoms with Crippen molar-refractivity contribution in [2.24, 2.45) is 0 Å². The van der Waals surface area contributed by atoms with Gasteiger partial charge >= 0.3 is 12.1 Å². The number of piperidine rings is 1. The molecule has 2 aliphatic heterocycles. The first-order chi connectivity index (χ1) is 13.1. The van der Waals surface area contributed by atoms with Crippen LogP contribution >= 0.6 is 0 Å². The number of carbonyl (C=O) groups is 2. The second kappa shape index (κ2) is 9.62. The van der Waals surface area contributed by atoms with Crippen LogP contribution in [0.5, 0.6) is 0 Å². The molecule has 0 spiro atoms. The van der Waals surface area contributed by atoms with Crippen LogP contribution in [-0.4, -0.2) is 84.7 Å². The fraction of sp³-hybridized carbons (Fsp3) is 0.900. The largest absolute Gasteiger partial charge is 0.341 e. The summed E-state index contributed by atoms with van der Waals surface area (Å²) in [6.45, 7) is 6.38. The summed E-state index contributed by atoms with van der Waals surface area (Å²) in [4.78, 5) is 31.3. The van der Waals surface area contributed by atoms with E-state index in [0.717, 1.165) is 58.3 Å². The van der Waals surface area contributed by atoms with E-state index in [4.69, 9.17) is 0 Å². The van der Waals surface area contributed by atoms with Crippen LogP contribution in [-0.2, 0) is 0 Å². The lowest BCUT2D eigenvalue weighted by molar-refractivity contribution is 0.0684. The van der Waals surface area contributed by atoms with Crippen LogP contribution in [0, 0.1) is 0 Å². The van der Waals surface area contributed by atoms with Gasteiger partial charge in [0, 0.05) is 57.9 Å². The average Bonchev–Trinajstić information content (AvgIpc) is 3.20. The minimum absolute atomic E-state index is 0.0676. The third-order valence-electron chi connectivity index (χ3n) is 6.60. The Morgan fingerprint density at radius 1 is 0.963 bits per heavy atom. The van der Waals surface area contributed by atoms with Gasteiger partial charge in [-0.05, 0) is 39.0 Å². The van der Waals surface area contributed by atoms with Gasteiger partial charge in [-0.3, -0.25) is 4.90 Å². The highest BCUT2D eigenvalue weighted by molar-refractivity contribution is 5.75. The predicted octanol–water partition coefficient (Wildman–Crippen LogP) is 2.23. The van der Waals surface area contributed by atoms with E-state index in [1.54, 1.807) is 7.05 Å². The number of nitrogens with one attached hydrogen (secondary N) is 2. The van der Waals surface area contributed by atoms with E-state index in [2.05, 4.69) is 20.4 Å². The zero-order valence-corrected chi connectivity index (χ0v) is 17.1. The second-order valence-electron chi connectivity index (χ2n) is 8.25. The normalized spacial score (nSPS) is 25.4. The van der Waals surface area contributed by atoms with E-state index in [1.165, 1.54) is 19.3 Å². The lowest BCUT2D eigenvalue weighted by Gasteiger charge is -2.44. The molecule has 0 aromatic rings. The maximum atomic E-state index is 12.6. The van der Waals surface area contributed by atoms with E-state index in [9.17, 15) is 9.59 Å². The fourth-order valence-corrected chi connectivity index (χ4v) is 5.13. The number of rotatable bonds is 4. The number of likely N-dealkylation sites (tertiary alicyclic amines) is 2. The summed E-state index contributed by atoms with van der Waals surface area (Å²) >= 11 is 0. The first-order valence-corrected chi connectivity index (χ1v) is 10.9. The molecule has 0 radical (unpaired) electrons. The summed E-state index contributed by atoms with van der Waals surface area (Å²) in [5.41, 5.74) is 0. The van der Waals surface area contributed by atoms with Crippen molar-refractivity contribution in [1.82, 2.24) is 25.3 Å². The molecule has 1 saturated carbocycles. The van der Waals surface area contributed by atoms with E-state index in [1.807, 2.05) is 11.8 Å². The molecule has 154 valence electrons. The van der Waals surface area contributed by atoms with Crippen molar-refractivity contribution < 1.29 is 9.59 Å². The Labute approximate surface area is 163 Å². The van der Waals surface area contributed by atoms with Crippen molar-refractivity contribution >= 4 is 12.1 Å². The average molecular weight is 380 g/mol. The molecular formula is C20H37N5O2. The van der Waals surface area contributed by atoms with Crippen molar-refractivity contribution in [2.75, 3.05) is 39.8 Å². The maximum Gasteiger partial charge on any atom is 0.317 e. The summed E-state index contributed by atoms with van der Waals surface area (Å²) in [6, 6.07) is 1.40. The molecule has 2 saturated heterocycles. The molecule has 27 heavy (non-hydrogen) atoms. The van der Waals surface area contributed by atoms with Gasteiger partial charge in [0.25, 0.3) is 0 Å². The van der Waals surface area contributed by atoms with Crippen LogP contribution < -0.4 is 10.6 Å². The third kappa shape index (κ3) is 4.86. The molecule has 7 nitrogen and oxygen atoms in total. The van der Waals surface area contributed by atoms with E-state index in [-0.39, 0.29) is 12.1 Å². The number of amides is 4. The molecule has 1 unspecified atom stereocenters. The summed E-state index contributed by atoms with van der Waals surface area (Å²) in [6.07, 6.45) is 9.24. The van der Waals surface area contributed by atoms with Crippen LogP contribution in [0.4, 0.5) is 9.59 Å². The van der Waals surface area contributed by atoms with Gasteiger partial charge in [-0.15, -0.1) is 0 Å². The number of carbonyl (C=O) groups excluding carboxylic acids is 2. The quantitative estimate of drug-likeness (QED) is 0.787. The summed E-state index contributed by atoms with van der Waals surface area (Å²) in [7, 11) is 1.75. The molecule has 0 aromatic heterocycles. The Morgan fingerprint density at radius 3 is 2.26 bits per heavy atom. The SMILES string of the molecule is CCNC(=O)N1CCC(N2CCC(N(C(=O)NC)C3CCCCC3)CC2)C1. The van der Waals surface area contributed by atoms with Gasteiger partial charge in [0.1, 0.15) is 0 Å². The minimum atomic E-state index is 0.0676. The summed E-state index contributed by atoms with van der Waals surface area (Å²) < 4.78 is 0. The molecule has 4 amide bonds. The van der Waals surface area contributed by atoms with Gasteiger partial charge in [0.2, 0.25) is 0 Å². The Balaban J connectivity index is 1.52. The summed E-state index contributed by atoms with van der Waals surface area (Å²) in [5.74, 6) is 0. The molecular weight excluding hydrogens is 342 g/mol. The molecule has 3 rings (SSSR count). The van der Waals surface area contributed by atoms with Gasteiger partial charge in [0.15, 0.2) is 0 Å². The zero-order valence-electron chi connectivity index (χ0n) is 17.1. The molecule has 1 atom stereocenters. The topological polar surface area (TPSA) is 67.9 Å². The van der Waals surface area contributed by atoms with Crippen LogP contribution in [0.3, 0.4) is 0 Å². The Hall–Kier alpha value is -1.50. The van der Waals surface area contributed by atoms with Gasteiger partial charge in [-0.25, -0.2) is 9.59 Å². The minimum Gasteiger partial charge on any atom is -0.341 e. The van der Waals surface area contributed by atoms with Crippen molar-refractivity contribution in [1.29, 1.82) is 0 Å². The molecule has 0 bridgehead atoms. The Kier molecular flexibility index (Phi) is 7.21. The number of hydrogen-bond donors (Lipinski definition) is 2. The number of urea groups is 2. The van der Waals surface area contributed by atoms with Gasteiger partial charge in [0.05, 0.1) is 0 Å². The lowest BCUT2D eigenvalue weighted by atomic mass is 9.91. The van der Waals surface area contributed by atoms with Crippen molar-refractivity contribution in [3.05, 3.63) is 0 Å². The fourth-order valence-electron chi connectivity index (χ4n) is 5.13. The molecule has 7 heteroatoms. The molecule has 2 heterocycles. The monoisotopic (exact) mass is 379 g/mol. The number of hydrogen-bond acceptors (Lipinski definition) is 3. The zero-order chi connectivity index (χ0) is 19.2. The second-order valence-corrected chi connectivity index (χ2v) is 8.25. The van der Waals surface area contributed by atoms with Gasteiger partial charge < -0.3 is 20.4 Å². The van der Waals surface area contributed by atoms with Crippen LogP contribution in [0.2, 0.25) is 0 Å². The van der Waals surface area contributed by atoms with E-state index < -0.39 is 0 Å². The standard InChI is InChI=1S/C20H37N5O2/c1-3-22-20(27)24-14-11-18(15-24)23-12-9-17(10-13-23)25(19(26)21-2)16-7-5-4-6-8-16/h16-18H,3-15H2,1-2H3,(H,21,26)(H,22,27). The lowest BCUT2D eigenvalue weighted by Crippen LogP contribution is -2.56. The van der Waals surface area contributed by atoms with Crippen molar-refractivity contribution in [3.63, 3.8) is 0 Å². The first kappa shape index (κ1) is 20.2. The number of nitrogens with zero attached hydrogens (tertiary/aromatic N) is 3. The van der Waals surface area contributed by atoms with Crippen LogP contribution in [0.1, 0.15) is 58.3 Å². The predicted molar refractivity (Wildman–Crippen MR) is 107 cm³/mol. The molecule has 2 N–H and O–H groups in total. The highest BCUT2D eigenvalue weighted by Gasteiger charge is 2.36. The first-order valence-electron chi connectivity index (χ1n) is 10.9. The van der Waals surface area contributed by atoms with Gasteiger partial charge in [-0.1, -0.05) is 19.3 Å². The smallest absolute Gasteiger partial charge is 0.317 e. The van der Waals surface area contributed by atoms with Crippen molar-refractivity contribution in [3.8, 4) is 0 Å². The summed E-state index contributed by atoms with van der Waals surface area (Å²) in [5, 5.41) is 5.78. The highest BCUT2D eigenvalue weighted by Crippen LogP contribution is 2.29. The van der Waals surface area contributed by atoms with Gasteiger partial charge in [-0.2, -0.15) is 0 Å². The van der Waals surface area contributed by atoms with Crippen molar-refractivity contribution in [2.45, 2.75) is 76.4 Å². The molecule has 0 aromatic carbocycles. The van der Waals surface area contributed by atoms with E-state index >= 15 is 0 Å².